The number of fused-ring (bicyclic) bond motifs is 2. The minimum atomic E-state index is 0.0115. The molecule has 6 nitrogen and oxygen atoms in total. The zero-order valence-electron chi connectivity index (χ0n) is 16.9. The van der Waals surface area contributed by atoms with Crippen molar-refractivity contribution < 1.29 is 4.79 Å². The number of amides is 2. The number of hydrogen-bond acceptors (Lipinski definition) is 3. The number of imidazole rings is 1. The van der Waals surface area contributed by atoms with Crippen molar-refractivity contribution >= 4 is 22.5 Å². The molecule has 0 radical (unpaired) electrons. The first kappa shape index (κ1) is 18.6. The van der Waals surface area contributed by atoms with Crippen molar-refractivity contribution in [1.29, 1.82) is 0 Å². The molecule has 1 saturated heterocycles. The number of rotatable bonds is 4. The fourth-order valence-corrected chi connectivity index (χ4v) is 4.17. The monoisotopic (exact) mass is 399 g/mol. The van der Waals surface area contributed by atoms with E-state index in [1.165, 1.54) is 16.5 Å². The molecule has 30 heavy (non-hydrogen) atoms. The molecule has 0 unspecified atom stereocenters. The maximum atomic E-state index is 12.7. The number of piperazine rings is 1. The maximum Gasteiger partial charge on any atom is 0.317 e. The first-order chi connectivity index (χ1) is 14.8. The van der Waals surface area contributed by atoms with E-state index in [0.29, 0.717) is 6.54 Å². The molecule has 2 amide bonds. The number of carbonyl (C=O) groups excluding carboxylic acids is 1. The number of benzene rings is 2. The van der Waals surface area contributed by atoms with Crippen LogP contribution in [0.1, 0.15) is 11.3 Å². The van der Waals surface area contributed by atoms with Gasteiger partial charge in [0.15, 0.2) is 0 Å². The molecular formula is C24H25N5O. The number of nitrogens with one attached hydrogen (secondary N) is 1. The number of urea groups is 1. The number of pyridine rings is 1. The van der Waals surface area contributed by atoms with Crippen molar-refractivity contribution in [2.45, 2.75) is 13.1 Å². The number of aromatic nitrogens is 2. The van der Waals surface area contributed by atoms with Crippen LogP contribution in [0.2, 0.25) is 0 Å². The summed E-state index contributed by atoms with van der Waals surface area (Å²) in [6, 6.07) is 20.6. The van der Waals surface area contributed by atoms with E-state index >= 15 is 0 Å². The Morgan fingerprint density at radius 2 is 1.73 bits per heavy atom. The van der Waals surface area contributed by atoms with E-state index in [-0.39, 0.29) is 6.03 Å². The third-order valence-electron chi connectivity index (χ3n) is 5.85. The Morgan fingerprint density at radius 3 is 2.63 bits per heavy atom. The summed E-state index contributed by atoms with van der Waals surface area (Å²) in [6.45, 7) is 4.58. The lowest BCUT2D eigenvalue weighted by Crippen LogP contribution is -2.51. The summed E-state index contributed by atoms with van der Waals surface area (Å²) in [6.07, 6.45) is 3.99. The fourth-order valence-electron chi connectivity index (χ4n) is 4.17. The SMILES string of the molecule is O=C(NCc1cccc2ccccc12)N1CCN(Cc2cnc3ccccn23)CC1. The lowest BCUT2D eigenvalue weighted by atomic mass is 10.0. The minimum Gasteiger partial charge on any atom is -0.334 e. The molecule has 5 rings (SSSR count). The second-order valence-corrected chi connectivity index (χ2v) is 7.74. The van der Waals surface area contributed by atoms with Gasteiger partial charge < -0.3 is 14.6 Å². The van der Waals surface area contributed by atoms with Gasteiger partial charge in [-0.05, 0) is 28.5 Å². The molecule has 4 aromatic rings. The Balaban J connectivity index is 1.16. The van der Waals surface area contributed by atoms with Crippen LogP contribution in [0.15, 0.2) is 73.1 Å². The van der Waals surface area contributed by atoms with Gasteiger partial charge in [0.25, 0.3) is 0 Å². The average Bonchev–Trinajstić information content (AvgIpc) is 3.21. The first-order valence-corrected chi connectivity index (χ1v) is 10.4. The van der Waals surface area contributed by atoms with Crippen molar-refractivity contribution in [2.24, 2.45) is 0 Å². The van der Waals surface area contributed by atoms with Crippen LogP contribution in [0, 0.1) is 0 Å². The highest BCUT2D eigenvalue weighted by molar-refractivity contribution is 5.86. The second-order valence-electron chi connectivity index (χ2n) is 7.74. The summed E-state index contributed by atoms with van der Waals surface area (Å²) >= 11 is 0. The average molecular weight is 399 g/mol. The van der Waals surface area contributed by atoms with Gasteiger partial charge in [0.05, 0.1) is 11.9 Å². The van der Waals surface area contributed by atoms with Crippen molar-refractivity contribution in [1.82, 2.24) is 24.5 Å². The van der Waals surface area contributed by atoms with E-state index < -0.39 is 0 Å². The fraction of sp³-hybridized carbons (Fsp3) is 0.250. The van der Waals surface area contributed by atoms with Crippen LogP contribution in [0.4, 0.5) is 4.79 Å². The normalized spacial score (nSPS) is 15.0. The van der Waals surface area contributed by atoms with Gasteiger partial charge in [-0.3, -0.25) is 4.90 Å². The Labute approximate surface area is 175 Å². The molecule has 1 fully saturated rings. The van der Waals surface area contributed by atoms with Crippen LogP contribution in [-0.4, -0.2) is 51.4 Å². The predicted octanol–water partition coefficient (Wildman–Crippen LogP) is 3.51. The summed E-state index contributed by atoms with van der Waals surface area (Å²) in [5.41, 5.74) is 3.30. The van der Waals surface area contributed by atoms with Gasteiger partial charge >= 0.3 is 6.03 Å². The van der Waals surface area contributed by atoms with E-state index in [2.05, 4.69) is 50.1 Å². The molecule has 0 saturated carbocycles. The molecule has 2 aromatic carbocycles. The molecule has 0 aliphatic carbocycles. The molecule has 1 aliphatic heterocycles. The highest BCUT2D eigenvalue weighted by atomic mass is 16.2. The quantitative estimate of drug-likeness (QED) is 0.571. The van der Waals surface area contributed by atoms with Crippen LogP contribution in [0.5, 0.6) is 0 Å². The largest absolute Gasteiger partial charge is 0.334 e. The molecule has 0 spiro atoms. The molecule has 3 heterocycles. The molecular weight excluding hydrogens is 374 g/mol. The maximum absolute atomic E-state index is 12.7. The molecule has 2 aromatic heterocycles. The van der Waals surface area contributed by atoms with Crippen molar-refractivity contribution in [3.05, 3.63) is 84.3 Å². The van der Waals surface area contributed by atoms with Gasteiger partial charge in [-0.2, -0.15) is 0 Å². The van der Waals surface area contributed by atoms with E-state index in [1.54, 1.807) is 0 Å². The summed E-state index contributed by atoms with van der Waals surface area (Å²) in [7, 11) is 0. The molecule has 0 atom stereocenters. The van der Waals surface area contributed by atoms with Gasteiger partial charge in [-0.25, -0.2) is 9.78 Å². The smallest absolute Gasteiger partial charge is 0.317 e. The standard InChI is InChI=1S/C24H25N5O/c30-24(26-16-20-8-5-7-19-6-1-2-9-22(19)20)28-14-12-27(13-15-28)18-21-17-25-23-10-3-4-11-29(21)23/h1-11,17H,12-16,18H2,(H,26,30). The lowest BCUT2D eigenvalue weighted by Gasteiger charge is -2.34. The van der Waals surface area contributed by atoms with E-state index in [1.807, 2.05) is 47.5 Å². The van der Waals surface area contributed by atoms with E-state index in [0.717, 1.165) is 43.9 Å². The van der Waals surface area contributed by atoms with E-state index in [4.69, 9.17) is 0 Å². The van der Waals surface area contributed by atoms with Gasteiger partial charge in [-0.15, -0.1) is 0 Å². The zero-order valence-corrected chi connectivity index (χ0v) is 16.9. The highest BCUT2D eigenvalue weighted by Gasteiger charge is 2.21. The van der Waals surface area contributed by atoms with Crippen molar-refractivity contribution in [3.8, 4) is 0 Å². The first-order valence-electron chi connectivity index (χ1n) is 10.4. The Kier molecular flexibility index (Phi) is 5.07. The minimum absolute atomic E-state index is 0.0115. The highest BCUT2D eigenvalue weighted by Crippen LogP contribution is 2.18. The topological polar surface area (TPSA) is 52.9 Å². The molecule has 1 N–H and O–H groups in total. The van der Waals surface area contributed by atoms with Crippen LogP contribution in [0.25, 0.3) is 16.4 Å². The number of nitrogens with zero attached hydrogens (tertiary/aromatic N) is 4. The number of carbonyl (C=O) groups is 1. The van der Waals surface area contributed by atoms with Crippen LogP contribution in [0.3, 0.4) is 0 Å². The molecule has 1 aliphatic rings. The summed E-state index contributed by atoms with van der Waals surface area (Å²) < 4.78 is 2.13. The van der Waals surface area contributed by atoms with Crippen LogP contribution < -0.4 is 5.32 Å². The Morgan fingerprint density at radius 1 is 0.933 bits per heavy atom. The van der Waals surface area contributed by atoms with Crippen LogP contribution >= 0.6 is 0 Å². The van der Waals surface area contributed by atoms with Crippen molar-refractivity contribution in [2.75, 3.05) is 26.2 Å². The third kappa shape index (κ3) is 3.74. The number of hydrogen-bond donors (Lipinski definition) is 1. The van der Waals surface area contributed by atoms with Crippen molar-refractivity contribution in [3.63, 3.8) is 0 Å². The van der Waals surface area contributed by atoms with Gasteiger partial charge in [0, 0.05) is 45.5 Å². The second kappa shape index (κ2) is 8.16. The molecule has 152 valence electrons. The van der Waals surface area contributed by atoms with E-state index in [9.17, 15) is 4.79 Å². The summed E-state index contributed by atoms with van der Waals surface area (Å²) in [5.74, 6) is 0. The third-order valence-corrected chi connectivity index (χ3v) is 5.85. The zero-order chi connectivity index (χ0) is 20.3. The Hall–Kier alpha value is -3.38. The lowest BCUT2D eigenvalue weighted by molar-refractivity contribution is 0.134. The van der Waals surface area contributed by atoms with Gasteiger partial charge in [0.1, 0.15) is 5.65 Å². The van der Waals surface area contributed by atoms with Gasteiger partial charge in [-0.1, -0.05) is 48.5 Å². The van der Waals surface area contributed by atoms with Crippen LogP contribution in [-0.2, 0) is 13.1 Å². The predicted molar refractivity (Wildman–Crippen MR) is 118 cm³/mol. The molecule has 6 heteroatoms. The van der Waals surface area contributed by atoms with Gasteiger partial charge in [0.2, 0.25) is 0 Å². The molecule has 0 bridgehead atoms. The summed E-state index contributed by atoms with van der Waals surface area (Å²) in [4.78, 5) is 21.4. The Bertz CT molecular complexity index is 1170. The summed E-state index contributed by atoms with van der Waals surface area (Å²) in [5, 5.41) is 5.49.